The minimum atomic E-state index is 0.247. The van der Waals surface area contributed by atoms with Crippen molar-refractivity contribution in [1.82, 2.24) is 4.98 Å². The summed E-state index contributed by atoms with van der Waals surface area (Å²) < 4.78 is 10.9. The summed E-state index contributed by atoms with van der Waals surface area (Å²) in [5.74, 6) is 1.46. The predicted octanol–water partition coefficient (Wildman–Crippen LogP) is 4.69. The van der Waals surface area contributed by atoms with Crippen LogP contribution in [0.25, 0.3) is 0 Å². The molecule has 0 amide bonds. The molecule has 0 N–H and O–H groups in total. The molecular formula is C18H17ClN2O2S. The highest BCUT2D eigenvalue weighted by atomic mass is 35.5. The molecule has 0 atom stereocenters. The minimum Gasteiger partial charge on any atom is -0.467 e. The van der Waals surface area contributed by atoms with Gasteiger partial charge >= 0.3 is 0 Å². The monoisotopic (exact) mass is 360 g/mol. The van der Waals surface area contributed by atoms with Crippen LogP contribution in [0.15, 0.2) is 17.2 Å². The van der Waals surface area contributed by atoms with E-state index in [2.05, 4.69) is 11.1 Å². The average molecular weight is 361 g/mol. The van der Waals surface area contributed by atoms with Crippen LogP contribution in [0.4, 0.5) is 0 Å². The molecule has 0 spiro atoms. The molecule has 0 saturated carbocycles. The van der Waals surface area contributed by atoms with Crippen molar-refractivity contribution in [1.29, 1.82) is 5.26 Å². The van der Waals surface area contributed by atoms with Gasteiger partial charge in [0.25, 0.3) is 0 Å². The van der Waals surface area contributed by atoms with E-state index in [1.54, 1.807) is 0 Å². The third-order valence-corrected chi connectivity index (χ3v) is 5.43. The van der Waals surface area contributed by atoms with Crippen LogP contribution in [0.5, 0.6) is 5.75 Å². The Morgan fingerprint density at radius 3 is 2.83 bits per heavy atom. The maximum atomic E-state index is 9.48. The van der Waals surface area contributed by atoms with E-state index in [1.807, 2.05) is 32.9 Å². The summed E-state index contributed by atoms with van der Waals surface area (Å²) in [4.78, 5) is 4.60. The number of fused-ring (bicyclic) bond motifs is 1. The van der Waals surface area contributed by atoms with E-state index >= 15 is 0 Å². The molecule has 0 radical (unpaired) electrons. The first kappa shape index (κ1) is 17.1. The van der Waals surface area contributed by atoms with Crippen molar-refractivity contribution in [3.8, 4) is 11.8 Å². The van der Waals surface area contributed by atoms with Gasteiger partial charge in [-0.15, -0.1) is 11.8 Å². The van der Waals surface area contributed by atoms with E-state index < -0.39 is 0 Å². The molecule has 1 aromatic heterocycles. The Morgan fingerprint density at radius 2 is 2.08 bits per heavy atom. The Hall–Kier alpha value is -1.74. The first-order valence-electron chi connectivity index (χ1n) is 7.53. The molecule has 4 nitrogen and oxygen atoms in total. The van der Waals surface area contributed by atoms with Gasteiger partial charge in [0.1, 0.15) is 16.8 Å². The summed E-state index contributed by atoms with van der Waals surface area (Å²) in [5.41, 5.74) is 5.60. The first-order valence-corrected chi connectivity index (χ1v) is 8.90. The van der Waals surface area contributed by atoms with Gasteiger partial charge in [0.2, 0.25) is 0 Å². The third kappa shape index (κ3) is 3.23. The molecule has 0 aliphatic carbocycles. The lowest BCUT2D eigenvalue weighted by molar-refractivity contribution is -0.0168. The van der Waals surface area contributed by atoms with Gasteiger partial charge in [0.15, 0.2) is 6.79 Å². The quantitative estimate of drug-likeness (QED) is 0.743. The van der Waals surface area contributed by atoms with Gasteiger partial charge in [-0.05, 0) is 44.0 Å². The second-order valence-corrected chi connectivity index (χ2v) is 7.09. The molecule has 0 saturated heterocycles. The molecule has 0 unspecified atom stereocenters. The lowest BCUT2D eigenvalue weighted by Crippen LogP contribution is -2.13. The molecule has 1 aliphatic heterocycles. The SMILES string of the molecule is Cc1nc(SCc2cc(Cl)cc3c2OCOC3)c(C#N)c(C)c1C. The van der Waals surface area contributed by atoms with E-state index in [4.69, 9.17) is 21.1 Å². The normalized spacial score (nSPS) is 13.1. The van der Waals surface area contributed by atoms with Gasteiger partial charge in [0, 0.05) is 27.6 Å². The van der Waals surface area contributed by atoms with Crippen LogP contribution in [0.3, 0.4) is 0 Å². The Kier molecular flexibility index (Phi) is 5.00. The van der Waals surface area contributed by atoms with Gasteiger partial charge in [-0.2, -0.15) is 5.26 Å². The molecule has 0 bridgehead atoms. The number of ether oxygens (including phenoxy) is 2. The number of hydrogen-bond acceptors (Lipinski definition) is 5. The average Bonchev–Trinajstić information content (AvgIpc) is 2.57. The molecule has 124 valence electrons. The summed E-state index contributed by atoms with van der Waals surface area (Å²) >= 11 is 7.74. The molecule has 24 heavy (non-hydrogen) atoms. The summed E-state index contributed by atoms with van der Waals surface area (Å²) in [6, 6.07) is 6.05. The molecular weight excluding hydrogens is 344 g/mol. The second-order valence-electron chi connectivity index (χ2n) is 5.69. The summed E-state index contributed by atoms with van der Waals surface area (Å²) in [5, 5.41) is 10.9. The summed E-state index contributed by atoms with van der Waals surface area (Å²) in [6.07, 6.45) is 0. The highest BCUT2D eigenvalue weighted by molar-refractivity contribution is 7.98. The van der Waals surface area contributed by atoms with Crippen molar-refractivity contribution in [2.24, 2.45) is 0 Å². The zero-order valence-electron chi connectivity index (χ0n) is 13.8. The number of rotatable bonds is 3. The number of thioether (sulfide) groups is 1. The second kappa shape index (κ2) is 7.02. The number of aryl methyl sites for hydroxylation is 1. The Morgan fingerprint density at radius 1 is 1.29 bits per heavy atom. The molecule has 1 aliphatic rings. The number of pyridine rings is 1. The zero-order chi connectivity index (χ0) is 17.3. The number of halogens is 1. The summed E-state index contributed by atoms with van der Waals surface area (Å²) in [6.45, 7) is 6.67. The summed E-state index contributed by atoms with van der Waals surface area (Å²) in [7, 11) is 0. The largest absolute Gasteiger partial charge is 0.467 e. The van der Waals surface area contributed by atoms with Gasteiger partial charge in [-0.1, -0.05) is 11.6 Å². The van der Waals surface area contributed by atoms with Gasteiger partial charge in [-0.25, -0.2) is 4.98 Å². The molecule has 2 heterocycles. The van der Waals surface area contributed by atoms with E-state index in [-0.39, 0.29) is 6.79 Å². The third-order valence-electron chi connectivity index (χ3n) is 4.19. The van der Waals surface area contributed by atoms with Crippen LogP contribution in [-0.4, -0.2) is 11.8 Å². The molecule has 6 heteroatoms. The van der Waals surface area contributed by atoms with Crippen LogP contribution in [0.2, 0.25) is 5.02 Å². The van der Waals surface area contributed by atoms with Crippen LogP contribution < -0.4 is 4.74 Å². The topological polar surface area (TPSA) is 55.1 Å². The Labute approximate surface area is 150 Å². The van der Waals surface area contributed by atoms with Crippen LogP contribution in [0.1, 0.15) is 33.5 Å². The standard InChI is InChI=1S/C18H17ClN2O2S/c1-10-11(2)16(6-20)18(21-12(10)3)24-8-14-5-15(19)4-13-7-22-9-23-17(13)14/h4-5H,7-9H2,1-3H3. The Bertz CT molecular complexity index is 846. The van der Waals surface area contributed by atoms with Crippen LogP contribution in [-0.2, 0) is 17.1 Å². The van der Waals surface area contributed by atoms with E-state index in [9.17, 15) is 5.26 Å². The number of nitriles is 1. The number of hydrogen-bond donors (Lipinski definition) is 0. The highest BCUT2D eigenvalue weighted by Gasteiger charge is 2.18. The highest BCUT2D eigenvalue weighted by Crippen LogP contribution is 2.36. The van der Waals surface area contributed by atoms with Crippen LogP contribution >= 0.6 is 23.4 Å². The minimum absolute atomic E-state index is 0.247. The van der Waals surface area contributed by atoms with E-state index in [1.165, 1.54) is 11.8 Å². The number of nitrogens with zero attached hydrogens (tertiary/aromatic N) is 2. The van der Waals surface area contributed by atoms with Crippen molar-refractivity contribution in [2.45, 2.75) is 38.2 Å². The number of benzene rings is 1. The van der Waals surface area contributed by atoms with Crippen molar-refractivity contribution >= 4 is 23.4 Å². The fourth-order valence-electron chi connectivity index (χ4n) is 2.66. The first-order chi connectivity index (χ1) is 11.5. The number of aromatic nitrogens is 1. The maximum Gasteiger partial charge on any atom is 0.189 e. The maximum absolute atomic E-state index is 9.48. The Balaban J connectivity index is 1.93. The zero-order valence-corrected chi connectivity index (χ0v) is 15.3. The molecule has 1 aromatic carbocycles. The van der Waals surface area contributed by atoms with Crippen LogP contribution in [0, 0.1) is 32.1 Å². The van der Waals surface area contributed by atoms with Crippen molar-refractivity contribution in [3.05, 3.63) is 50.7 Å². The van der Waals surface area contributed by atoms with Crippen molar-refractivity contribution in [3.63, 3.8) is 0 Å². The lowest BCUT2D eigenvalue weighted by atomic mass is 10.1. The van der Waals surface area contributed by atoms with Gasteiger partial charge < -0.3 is 9.47 Å². The predicted molar refractivity (Wildman–Crippen MR) is 94.5 cm³/mol. The fraction of sp³-hybridized carbons (Fsp3) is 0.333. The fourth-order valence-corrected chi connectivity index (χ4v) is 3.97. The van der Waals surface area contributed by atoms with Gasteiger partial charge in [0.05, 0.1) is 12.2 Å². The van der Waals surface area contributed by atoms with Crippen molar-refractivity contribution < 1.29 is 9.47 Å². The molecule has 0 fully saturated rings. The smallest absolute Gasteiger partial charge is 0.189 e. The lowest BCUT2D eigenvalue weighted by Gasteiger charge is -2.21. The molecule has 3 rings (SSSR count). The van der Waals surface area contributed by atoms with Gasteiger partial charge in [-0.3, -0.25) is 0 Å². The van der Waals surface area contributed by atoms with E-state index in [0.29, 0.717) is 22.9 Å². The van der Waals surface area contributed by atoms with Crippen molar-refractivity contribution in [2.75, 3.05) is 6.79 Å². The molecule has 2 aromatic rings. The van der Waals surface area contributed by atoms with E-state index in [0.717, 1.165) is 38.7 Å².